The zero-order chi connectivity index (χ0) is 19.4. The molecule has 1 aliphatic heterocycles. The second-order valence-corrected chi connectivity index (χ2v) is 8.67. The van der Waals surface area contributed by atoms with Gasteiger partial charge < -0.3 is 10.2 Å². The van der Waals surface area contributed by atoms with Gasteiger partial charge in [-0.05, 0) is 26.0 Å². The number of nitriles is 1. The molecule has 0 aromatic heterocycles. The number of halogens is 1. The van der Waals surface area contributed by atoms with Crippen molar-refractivity contribution in [3.8, 4) is 6.07 Å². The fourth-order valence-electron chi connectivity index (χ4n) is 2.62. The predicted octanol–water partition coefficient (Wildman–Crippen LogP) is 0.796. The van der Waals surface area contributed by atoms with E-state index in [1.165, 1.54) is 17.0 Å². The first-order valence-electron chi connectivity index (χ1n) is 8.27. The number of nitrogens with zero attached hydrogens (tertiary/aromatic N) is 2. The number of benzene rings is 1. The molecule has 0 radical (unpaired) electrons. The normalized spacial score (nSPS) is 20.8. The average Bonchev–Trinajstić information content (AvgIpc) is 3.00. The molecule has 1 aromatic rings. The van der Waals surface area contributed by atoms with Gasteiger partial charge in [0.2, 0.25) is 15.9 Å². The summed E-state index contributed by atoms with van der Waals surface area (Å²) >= 11 is 0. The summed E-state index contributed by atoms with van der Waals surface area (Å²) in [6.07, 6.45) is -1.16. The van der Waals surface area contributed by atoms with E-state index < -0.39 is 27.8 Å². The molecular formula is C17H23FN4O3S. The lowest BCUT2D eigenvalue weighted by atomic mass is 10.1. The molecule has 0 saturated carbocycles. The molecule has 1 heterocycles. The number of alkyl halides is 1. The van der Waals surface area contributed by atoms with Crippen molar-refractivity contribution in [2.45, 2.75) is 42.9 Å². The summed E-state index contributed by atoms with van der Waals surface area (Å²) in [6.45, 7) is 3.37. The molecule has 1 aromatic carbocycles. The van der Waals surface area contributed by atoms with Crippen molar-refractivity contribution in [3.63, 3.8) is 0 Å². The number of amides is 1. The molecule has 1 aliphatic rings. The average molecular weight is 382 g/mol. The van der Waals surface area contributed by atoms with Crippen LogP contribution in [0.15, 0.2) is 35.2 Å². The van der Waals surface area contributed by atoms with Crippen molar-refractivity contribution in [1.82, 2.24) is 14.9 Å². The van der Waals surface area contributed by atoms with Gasteiger partial charge in [-0.25, -0.2) is 17.5 Å². The first kappa shape index (κ1) is 20.3. The molecule has 0 aliphatic carbocycles. The van der Waals surface area contributed by atoms with Crippen molar-refractivity contribution in [3.05, 3.63) is 30.3 Å². The van der Waals surface area contributed by atoms with Crippen LogP contribution in [0.5, 0.6) is 0 Å². The van der Waals surface area contributed by atoms with Crippen LogP contribution in [-0.4, -0.2) is 56.6 Å². The standard InChI is InChI=1S/C17H23FN4O3S/c1-17(2,12-21-26(24,25)15-6-4-3-5-7-15)20-10-16(23)22-11-13(18)8-14(22)9-19/h3-7,13-14,20-21H,8,10-12H2,1-2H3/t13-,14-/m0/s1. The number of hydrogen-bond donors (Lipinski definition) is 2. The summed E-state index contributed by atoms with van der Waals surface area (Å²) in [5.41, 5.74) is -0.714. The summed E-state index contributed by atoms with van der Waals surface area (Å²) < 4.78 is 40.4. The fraction of sp³-hybridized carbons (Fsp3) is 0.529. The zero-order valence-corrected chi connectivity index (χ0v) is 15.6. The third kappa shape index (κ3) is 5.24. The summed E-state index contributed by atoms with van der Waals surface area (Å²) in [5, 5.41) is 12.0. The third-order valence-electron chi connectivity index (χ3n) is 4.20. The molecular weight excluding hydrogens is 359 g/mol. The minimum atomic E-state index is -3.65. The molecule has 2 rings (SSSR count). The monoisotopic (exact) mass is 382 g/mol. The van der Waals surface area contributed by atoms with Crippen molar-refractivity contribution >= 4 is 15.9 Å². The third-order valence-corrected chi connectivity index (χ3v) is 5.61. The first-order valence-corrected chi connectivity index (χ1v) is 9.76. The van der Waals surface area contributed by atoms with E-state index in [9.17, 15) is 17.6 Å². The molecule has 1 amide bonds. The van der Waals surface area contributed by atoms with Crippen molar-refractivity contribution in [2.75, 3.05) is 19.6 Å². The van der Waals surface area contributed by atoms with E-state index >= 15 is 0 Å². The Morgan fingerprint density at radius 1 is 1.38 bits per heavy atom. The van der Waals surface area contributed by atoms with Crippen LogP contribution in [0.25, 0.3) is 0 Å². The second kappa shape index (κ2) is 8.12. The quantitative estimate of drug-likeness (QED) is 0.726. The Morgan fingerprint density at radius 3 is 2.65 bits per heavy atom. The Hall–Kier alpha value is -2.02. The maximum atomic E-state index is 13.4. The Kier molecular flexibility index (Phi) is 6.34. The number of hydrogen-bond acceptors (Lipinski definition) is 5. The van der Waals surface area contributed by atoms with Gasteiger partial charge in [0.05, 0.1) is 24.1 Å². The minimum absolute atomic E-state index is 0.0303. The summed E-state index contributed by atoms with van der Waals surface area (Å²) in [4.78, 5) is 13.6. The highest BCUT2D eigenvalue weighted by molar-refractivity contribution is 7.89. The molecule has 9 heteroatoms. The minimum Gasteiger partial charge on any atom is -0.323 e. The number of nitrogens with one attached hydrogen (secondary N) is 2. The van der Waals surface area contributed by atoms with Crippen LogP contribution < -0.4 is 10.0 Å². The smallest absolute Gasteiger partial charge is 0.240 e. The Balaban J connectivity index is 1.89. The highest BCUT2D eigenvalue weighted by atomic mass is 32.2. The maximum Gasteiger partial charge on any atom is 0.240 e. The van der Waals surface area contributed by atoms with E-state index in [4.69, 9.17) is 5.26 Å². The second-order valence-electron chi connectivity index (χ2n) is 6.90. The fourth-order valence-corrected chi connectivity index (χ4v) is 3.85. The van der Waals surface area contributed by atoms with Gasteiger partial charge in [0.15, 0.2) is 0 Å². The lowest BCUT2D eigenvalue weighted by molar-refractivity contribution is -0.130. The van der Waals surface area contributed by atoms with Crippen LogP contribution in [0.3, 0.4) is 0 Å². The topological polar surface area (TPSA) is 102 Å². The Morgan fingerprint density at radius 2 is 2.04 bits per heavy atom. The van der Waals surface area contributed by atoms with Gasteiger partial charge >= 0.3 is 0 Å². The van der Waals surface area contributed by atoms with Crippen LogP contribution in [-0.2, 0) is 14.8 Å². The van der Waals surface area contributed by atoms with Gasteiger partial charge in [0.1, 0.15) is 12.2 Å². The molecule has 1 saturated heterocycles. The summed E-state index contributed by atoms with van der Waals surface area (Å²) in [5.74, 6) is -0.379. The summed E-state index contributed by atoms with van der Waals surface area (Å²) in [7, 11) is -3.65. The number of carbonyl (C=O) groups is 1. The highest BCUT2D eigenvalue weighted by Gasteiger charge is 2.35. The molecule has 0 unspecified atom stereocenters. The molecule has 2 atom stereocenters. The molecule has 0 spiro atoms. The van der Waals surface area contributed by atoms with E-state index in [0.29, 0.717) is 0 Å². The number of rotatable bonds is 7. The van der Waals surface area contributed by atoms with Gasteiger partial charge in [0.25, 0.3) is 0 Å². The van der Waals surface area contributed by atoms with Crippen molar-refractivity contribution in [1.29, 1.82) is 5.26 Å². The Bertz CT molecular complexity index is 777. The number of likely N-dealkylation sites (tertiary alicyclic amines) is 1. The molecule has 1 fully saturated rings. The van der Waals surface area contributed by atoms with E-state index in [1.54, 1.807) is 32.0 Å². The van der Waals surface area contributed by atoms with Crippen molar-refractivity contribution < 1.29 is 17.6 Å². The zero-order valence-electron chi connectivity index (χ0n) is 14.8. The van der Waals surface area contributed by atoms with Gasteiger partial charge in [0, 0.05) is 18.5 Å². The van der Waals surface area contributed by atoms with Crippen LogP contribution in [0.1, 0.15) is 20.3 Å². The van der Waals surface area contributed by atoms with Gasteiger partial charge in [-0.15, -0.1) is 0 Å². The maximum absolute atomic E-state index is 13.4. The lowest BCUT2D eigenvalue weighted by Crippen LogP contribution is -2.52. The largest absolute Gasteiger partial charge is 0.323 e. The molecule has 7 nitrogen and oxygen atoms in total. The van der Waals surface area contributed by atoms with Gasteiger partial charge in [-0.1, -0.05) is 18.2 Å². The SMILES string of the molecule is CC(C)(CNS(=O)(=O)c1ccccc1)NCC(=O)N1C[C@@H](F)C[C@H]1C#N. The van der Waals surface area contributed by atoms with E-state index in [-0.39, 0.29) is 36.9 Å². The highest BCUT2D eigenvalue weighted by Crippen LogP contribution is 2.19. The van der Waals surface area contributed by atoms with Gasteiger partial charge in [-0.3, -0.25) is 4.79 Å². The Labute approximate surface area is 153 Å². The van der Waals surface area contributed by atoms with Gasteiger partial charge in [-0.2, -0.15) is 5.26 Å². The van der Waals surface area contributed by atoms with Crippen molar-refractivity contribution in [2.24, 2.45) is 0 Å². The molecule has 2 N–H and O–H groups in total. The van der Waals surface area contributed by atoms with E-state index in [2.05, 4.69) is 10.0 Å². The lowest BCUT2D eigenvalue weighted by Gasteiger charge is -2.28. The predicted molar refractivity (Wildman–Crippen MR) is 94.3 cm³/mol. The molecule has 26 heavy (non-hydrogen) atoms. The van der Waals surface area contributed by atoms with Crippen LogP contribution >= 0.6 is 0 Å². The van der Waals surface area contributed by atoms with E-state index in [0.717, 1.165) is 0 Å². The van der Waals surface area contributed by atoms with Crippen LogP contribution in [0.2, 0.25) is 0 Å². The molecule has 142 valence electrons. The number of sulfonamides is 1. The number of carbonyl (C=O) groups excluding carboxylic acids is 1. The van der Waals surface area contributed by atoms with Crippen LogP contribution in [0, 0.1) is 11.3 Å². The summed E-state index contributed by atoms with van der Waals surface area (Å²) in [6, 6.07) is 9.17. The van der Waals surface area contributed by atoms with E-state index in [1.807, 2.05) is 6.07 Å². The van der Waals surface area contributed by atoms with Crippen LogP contribution in [0.4, 0.5) is 4.39 Å². The molecule has 0 bridgehead atoms. The first-order chi connectivity index (χ1) is 12.1.